The zero-order valence-corrected chi connectivity index (χ0v) is 11.4. The summed E-state index contributed by atoms with van der Waals surface area (Å²) in [6.45, 7) is 8.86. The molecule has 0 spiro atoms. The first-order valence-corrected chi connectivity index (χ1v) is 7.75. The normalized spacial score (nSPS) is 31.9. The lowest BCUT2D eigenvalue weighted by Gasteiger charge is -2.23. The molecule has 3 rings (SSSR count). The molecule has 0 aromatic carbocycles. The maximum atomic E-state index is 3.58. The van der Waals surface area contributed by atoms with Crippen LogP contribution in [0.3, 0.4) is 0 Å². The second-order valence-electron chi connectivity index (χ2n) is 6.73. The highest BCUT2D eigenvalue weighted by atomic mass is 15.2. The third-order valence-corrected chi connectivity index (χ3v) is 5.10. The highest BCUT2D eigenvalue weighted by Gasteiger charge is 2.54. The average molecular weight is 236 g/mol. The number of hydrogen-bond acceptors (Lipinski definition) is 2. The second kappa shape index (κ2) is 4.89. The summed E-state index contributed by atoms with van der Waals surface area (Å²) in [4.78, 5) is 2.77. The van der Waals surface area contributed by atoms with Gasteiger partial charge >= 0.3 is 0 Å². The summed E-state index contributed by atoms with van der Waals surface area (Å²) in [5.41, 5.74) is 0.811. The standard InChI is InChI=1S/C15H28N2/c1-2-8-16-10-13-5-9-17(11-13)12-15(6-7-15)14-3-4-14/h13-14,16H,2-12H2,1H3. The summed E-state index contributed by atoms with van der Waals surface area (Å²) in [6, 6.07) is 0. The minimum atomic E-state index is 0.811. The van der Waals surface area contributed by atoms with Crippen molar-refractivity contribution in [2.75, 3.05) is 32.7 Å². The van der Waals surface area contributed by atoms with E-state index in [1.807, 2.05) is 0 Å². The first kappa shape index (κ1) is 12.0. The topological polar surface area (TPSA) is 15.3 Å². The van der Waals surface area contributed by atoms with Gasteiger partial charge in [0.25, 0.3) is 0 Å². The highest BCUT2D eigenvalue weighted by Crippen LogP contribution is 2.61. The van der Waals surface area contributed by atoms with Gasteiger partial charge in [-0.3, -0.25) is 0 Å². The third-order valence-electron chi connectivity index (χ3n) is 5.10. The molecule has 2 nitrogen and oxygen atoms in total. The molecule has 1 atom stereocenters. The van der Waals surface area contributed by atoms with Gasteiger partial charge in [0.05, 0.1) is 0 Å². The Morgan fingerprint density at radius 3 is 2.71 bits per heavy atom. The molecule has 0 radical (unpaired) electrons. The predicted octanol–water partition coefficient (Wildman–Crippen LogP) is 2.50. The first-order valence-electron chi connectivity index (χ1n) is 7.75. The largest absolute Gasteiger partial charge is 0.316 e. The SMILES string of the molecule is CCCNCC1CCN(CC2(C3CC3)CC2)C1. The van der Waals surface area contributed by atoms with Gasteiger partial charge < -0.3 is 10.2 Å². The predicted molar refractivity (Wildman–Crippen MR) is 72.1 cm³/mol. The third kappa shape index (κ3) is 2.85. The summed E-state index contributed by atoms with van der Waals surface area (Å²) < 4.78 is 0. The van der Waals surface area contributed by atoms with Crippen LogP contribution in [-0.2, 0) is 0 Å². The monoisotopic (exact) mass is 236 g/mol. The molecular weight excluding hydrogens is 208 g/mol. The molecule has 0 aromatic heterocycles. The molecule has 1 heterocycles. The van der Waals surface area contributed by atoms with Crippen LogP contribution in [0.15, 0.2) is 0 Å². The maximum absolute atomic E-state index is 3.58. The van der Waals surface area contributed by atoms with Crippen molar-refractivity contribution in [3.8, 4) is 0 Å². The van der Waals surface area contributed by atoms with E-state index in [9.17, 15) is 0 Å². The number of nitrogens with zero attached hydrogens (tertiary/aromatic N) is 1. The molecule has 2 heteroatoms. The Balaban J connectivity index is 1.38. The van der Waals surface area contributed by atoms with Gasteiger partial charge in [0, 0.05) is 13.1 Å². The number of likely N-dealkylation sites (tertiary alicyclic amines) is 1. The quantitative estimate of drug-likeness (QED) is 0.683. The van der Waals surface area contributed by atoms with Crippen LogP contribution in [0.25, 0.3) is 0 Å². The Morgan fingerprint density at radius 2 is 2.06 bits per heavy atom. The van der Waals surface area contributed by atoms with E-state index in [1.54, 1.807) is 0 Å². The fourth-order valence-corrected chi connectivity index (χ4v) is 3.70. The molecular formula is C15H28N2. The summed E-state index contributed by atoms with van der Waals surface area (Å²) >= 11 is 0. The van der Waals surface area contributed by atoms with Crippen molar-refractivity contribution in [3.05, 3.63) is 0 Å². The van der Waals surface area contributed by atoms with Gasteiger partial charge in [-0.05, 0) is 75.4 Å². The molecule has 2 aliphatic carbocycles. The van der Waals surface area contributed by atoms with Gasteiger partial charge in [0.2, 0.25) is 0 Å². The lowest BCUT2D eigenvalue weighted by Crippen LogP contribution is -2.31. The molecule has 2 saturated carbocycles. The van der Waals surface area contributed by atoms with E-state index < -0.39 is 0 Å². The Morgan fingerprint density at radius 1 is 1.24 bits per heavy atom. The van der Waals surface area contributed by atoms with Crippen LogP contribution < -0.4 is 5.32 Å². The van der Waals surface area contributed by atoms with Gasteiger partial charge in [-0.1, -0.05) is 6.92 Å². The lowest BCUT2D eigenvalue weighted by molar-refractivity contribution is 0.235. The van der Waals surface area contributed by atoms with Crippen LogP contribution in [0.4, 0.5) is 0 Å². The van der Waals surface area contributed by atoms with Crippen LogP contribution in [0.1, 0.15) is 45.4 Å². The Kier molecular flexibility index (Phi) is 3.45. The van der Waals surface area contributed by atoms with E-state index in [2.05, 4.69) is 17.1 Å². The van der Waals surface area contributed by atoms with Crippen LogP contribution in [0, 0.1) is 17.3 Å². The zero-order chi connectivity index (χ0) is 11.7. The molecule has 1 N–H and O–H groups in total. The van der Waals surface area contributed by atoms with E-state index in [0.29, 0.717) is 0 Å². The first-order chi connectivity index (χ1) is 8.32. The molecule has 1 unspecified atom stereocenters. The van der Waals surface area contributed by atoms with E-state index in [4.69, 9.17) is 0 Å². The Bertz CT molecular complexity index is 256. The maximum Gasteiger partial charge on any atom is 0.00408 e. The van der Waals surface area contributed by atoms with Crippen molar-refractivity contribution in [2.24, 2.45) is 17.3 Å². The molecule has 1 saturated heterocycles. The molecule has 3 fully saturated rings. The molecule has 0 bridgehead atoms. The van der Waals surface area contributed by atoms with Gasteiger partial charge in [0.1, 0.15) is 0 Å². The number of hydrogen-bond donors (Lipinski definition) is 1. The van der Waals surface area contributed by atoms with Crippen LogP contribution in [-0.4, -0.2) is 37.6 Å². The van der Waals surface area contributed by atoms with Crippen LogP contribution in [0.5, 0.6) is 0 Å². The Hall–Kier alpha value is -0.0800. The number of nitrogens with one attached hydrogen (secondary N) is 1. The van der Waals surface area contributed by atoms with Crippen molar-refractivity contribution in [3.63, 3.8) is 0 Å². The van der Waals surface area contributed by atoms with Gasteiger partial charge in [-0.15, -0.1) is 0 Å². The van der Waals surface area contributed by atoms with Gasteiger partial charge in [0.15, 0.2) is 0 Å². The molecule has 1 aliphatic heterocycles. The summed E-state index contributed by atoms with van der Waals surface area (Å²) in [5, 5.41) is 3.58. The van der Waals surface area contributed by atoms with E-state index in [-0.39, 0.29) is 0 Å². The zero-order valence-electron chi connectivity index (χ0n) is 11.4. The van der Waals surface area contributed by atoms with Crippen LogP contribution >= 0.6 is 0 Å². The Labute approximate surface area is 106 Å². The smallest absolute Gasteiger partial charge is 0.00408 e. The summed E-state index contributed by atoms with van der Waals surface area (Å²) in [7, 11) is 0. The average Bonchev–Trinajstić information content (AvgIpc) is 3.19. The minimum Gasteiger partial charge on any atom is -0.316 e. The number of rotatable bonds is 7. The fourth-order valence-electron chi connectivity index (χ4n) is 3.70. The molecule has 3 aliphatic rings. The summed E-state index contributed by atoms with van der Waals surface area (Å²) in [5.74, 6) is 2.05. The molecule has 17 heavy (non-hydrogen) atoms. The van der Waals surface area contributed by atoms with Crippen molar-refractivity contribution in [2.45, 2.75) is 45.4 Å². The lowest BCUT2D eigenvalue weighted by atomic mass is 10.00. The van der Waals surface area contributed by atoms with E-state index in [1.165, 1.54) is 71.2 Å². The minimum absolute atomic E-state index is 0.811. The fraction of sp³-hybridized carbons (Fsp3) is 1.00. The van der Waals surface area contributed by atoms with Crippen LogP contribution in [0.2, 0.25) is 0 Å². The highest BCUT2D eigenvalue weighted by molar-refractivity contribution is 5.05. The van der Waals surface area contributed by atoms with E-state index >= 15 is 0 Å². The van der Waals surface area contributed by atoms with Gasteiger partial charge in [-0.25, -0.2) is 0 Å². The molecule has 98 valence electrons. The van der Waals surface area contributed by atoms with Crippen molar-refractivity contribution >= 4 is 0 Å². The molecule has 0 aromatic rings. The van der Waals surface area contributed by atoms with Crippen molar-refractivity contribution < 1.29 is 0 Å². The second-order valence-corrected chi connectivity index (χ2v) is 6.73. The van der Waals surface area contributed by atoms with E-state index in [0.717, 1.165) is 17.3 Å². The molecule has 0 amide bonds. The van der Waals surface area contributed by atoms with Gasteiger partial charge in [-0.2, -0.15) is 0 Å². The summed E-state index contributed by atoms with van der Waals surface area (Å²) in [6.07, 6.45) is 8.84. The van der Waals surface area contributed by atoms with Crippen molar-refractivity contribution in [1.82, 2.24) is 10.2 Å². The van der Waals surface area contributed by atoms with Crippen molar-refractivity contribution in [1.29, 1.82) is 0 Å².